The van der Waals surface area contributed by atoms with Crippen LogP contribution in [0.25, 0.3) is 0 Å². The molecule has 0 aliphatic heterocycles. The third-order valence-corrected chi connectivity index (χ3v) is 2.81. The summed E-state index contributed by atoms with van der Waals surface area (Å²) in [5.41, 5.74) is 1.53. The van der Waals surface area contributed by atoms with Crippen LogP contribution in [0.1, 0.15) is 22.8 Å². The zero-order chi connectivity index (χ0) is 15.1. The maximum Gasteiger partial charge on any atom is 0.251 e. The van der Waals surface area contributed by atoms with E-state index in [2.05, 4.69) is 20.7 Å². The third kappa shape index (κ3) is 4.41. The summed E-state index contributed by atoms with van der Waals surface area (Å²) in [4.78, 5) is 27.0. The minimum absolute atomic E-state index is 0.0205. The summed E-state index contributed by atoms with van der Waals surface area (Å²) < 4.78 is 1.70. The fourth-order valence-electron chi connectivity index (χ4n) is 1.79. The second-order valence-electron chi connectivity index (χ2n) is 4.43. The lowest BCUT2D eigenvalue weighted by Gasteiger charge is -2.06. The van der Waals surface area contributed by atoms with Crippen molar-refractivity contribution in [2.45, 2.75) is 13.5 Å². The molecule has 0 bridgehead atoms. The van der Waals surface area contributed by atoms with E-state index in [0.29, 0.717) is 18.7 Å². The summed E-state index contributed by atoms with van der Waals surface area (Å²) in [7, 11) is 0. The molecule has 0 atom stereocenters. The maximum atomic E-state index is 11.9. The lowest BCUT2D eigenvalue weighted by atomic mass is 10.1. The molecule has 7 nitrogen and oxygen atoms in total. The molecule has 21 heavy (non-hydrogen) atoms. The van der Waals surface area contributed by atoms with Crippen LogP contribution in [0.4, 0.5) is 0 Å². The first-order valence-corrected chi connectivity index (χ1v) is 6.65. The van der Waals surface area contributed by atoms with Gasteiger partial charge in [0.05, 0.1) is 13.1 Å². The Morgan fingerprint density at radius 3 is 2.57 bits per heavy atom. The Balaban J connectivity index is 1.89. The zero-order valence-electron chi connectivity index (χ0n) is 11.7. The molecule has 2 N–H and O–H groups in total. The highest BCUT2D eigenvalue weighted by Crippen LogP contribution is 2.05. The average Bonchev–Trinajstić information content (AvgIpc) is 2.99. The molecular weight excluding hydrogens is 270 g/mol. The third-order valence-electron chi connectivity index (χ3n) is 2.81. The molecule has 2 amide bonds. The zero-order valence-corrected chi connectivity index (χ0v) is 11.7. The van der Waals surface area contributed by atoms with Gasteiger partial charge in [-0.2, -0.15) is 5.10 Å². The van der Waals surface area contributed by atoms with Crippen molar-refractivity contribution in [2.75, 3.05) is 13.1 Å². The van der Waals surface area contributed by atoms with Gasteiger partial charge in [-0.05, 0) is 24.6 Å². The van der Waals surface area contributed by atoms with Crippen molar-refractivity contribution in [3.05, 3.63) is 48.0 Å². The predicted molar refractivity (Wildman–Crippen MR) is 76.6 cm³/mol. The van der Waals surface area contributed by atoms with Gasteiger partial charge in [0.15, 0.2) is 0 Å². The molecule has 7 heteroatoms. The van der Waals surface area contributed by atoms with E-state index in [0.717, 1.165) is 5.56 Å². The monoisotopic (exact) mass is 287 g/mol. The molecule has 0 fully saturated rings. The fraction of sp³-hybridized carbons (Fsp3) is 0.286. The Hall–Kier alpha value is -2.70. The van der Waals surface area contributed by atoms with Crippen LogP contribution in [0.5, 0.6) is 0 Å². The van der Waals surface area contributed by atoms with Gasteiger partial charge in [0, 0.05) is 12.1 Å². The molecular formula is C14H17N5O2. The predicted octanol–water partition coefficient (Wildman–Crippen LogP) is 0.192. The Bertz CT molecular complexity index is 592. The molecule has 1 aromatic carbocycles. The molecule has 2 rings (SSSR count). The largest absolute Gasteiger partial charge is 0.355 e. The SMILES string of the molecule is CCNC(=O)CNC(=O)c1ccc(Cn2cncn2)cc1. The van der Waals surface area contributed by atoms with Crippen molar-refractivity contribution in [1.82, 2.24) is 25.4 Å². The molecule has 0 spiro atoms. The van der Waals surface area contributed by atoms with E-state index in [1.165, 1.54) is 6.33 Å². The van der Waals surface area contributed by atoms with Crippen LogP contribution in [0.3, 0.4) is 0 Å². The van der Waals surface area contributed by atoms with Crippen molar-refractivity contribution in [2.24, 2.45) is 0 Å². The van der Waals surface area contributed by atoms with Crippen molar-refractivity contribution >= 4 is 11.8 Å². The van der Waals surface area contributed by atoms with Gasteiger partial charge in [-0.3, -0.25) is 9.59 Å². The van der Waals surface area contributed by atoms with E-state index in [-0.39, 0.29) is 18.4 Å². The molecule has 0 unspecified atom stereocenters. The van der Waals surface area contributed by atoms with Gasteiger partial charge in [-0.25, -0.2) is 9.67 Å². The normalized spacial score (nSPS) is 10.1. The van der Waals surface area contributed by atoms with Crippen molar-refractivity contribution in [3.63, 3.8) is 0 Å². The van der Waals surface area contributed by atoms with E-state index in [1.54, 1.807) is 23.1 Å². The van der Waals surface area contributed by atoms with Crippen LogP contribution < -0.4 is 10.6 Å². The Morgan fingerprint density at radius 2 is 1.95 bits per heavy atom. The van der Waals surface area contributed by atoms with Crippen LogP contribution in [0.15, 0.2) is 36.9 Å². The fourth-order valence-corrected chi connectivity index (χ4v) is 1.79. The minimum Gasteiger partial charge on any atom is -0.355 e. The highest BCUT2D eigenvalue weighted by Gasteiger charge is 2.07. The number of nitrogens with one attached hydrogen (secondary N) is 2. The van der Waals surface area contributed by atoms with E-state index < -0.39 is 0 Å². The second-order valence-corrected chi connectivity index (χ2v) is 4.43. The minimum atomic E-state index is -0.270. The van der Waals surface area contributed by atoms with Gasteiger partial charge in [0.2, 0.25) is 5.91 Å². The van der Waals surface area contributed by atoms with Gasteiger partial charge < -0.3 is 10.6 Å². The molecule has 0 aliphatic rings. The molecule has 0 saturated heterocycles. The van der Waals surface area contributed by atoms with Crippen LogP contribution in [-0.2, 0) is 11.3 Å². The number of nitrogens with zero attached hydrogens (tertiary/aromatic N) is 3. The van der Waals surface area contributed by atoms with E-state index in [9.17, 15) is 9.59 Å². The molecule has 0 radical (unpaired) electrons. The van der Waals surface area contributed by atoms with Crippen molar-refractivity contribution < 1.29 is 9.59 Å². The molecule has 2 aromatic rings. The van der Waals surface area contributed by atoms with E-state index >= 15 is 0 Å². The second kappa shape index (κ2) is 7.18. The average molecular weight is 287 g/mol. The summed E-state index contributed by atoms with van der Waals surface area (Å²) in [6.45, 7) is 2.95. The van der Waals surface area contributed by atoms with Gasteiger partial charge >= 0.3 is 0 Å². The number of hydrogen-bond acceptors (Lipinski definition) is 4. The van der Waals surface area contributed by atoms with Crippen LogP contribution >= 0.6 is 0 Å². The van der Waals surface area contributed by atoms with Crippen molar-refractivity contribution in [3.8, 4) is 0 Å². The first-order chi connectivity index (χ1) is 10.2. The molecule has 1 aromatic heterocycles. The number of hydrogen-bond donors (Lipinski definition) is 2. The highest BCUT2D eigenvalue weighted by atomic mass is 16.2. The lowest BCUT2D eigenvalue weighted by Crippen LogP contribution is -2.36. The van der Waals surface area contributed by atoms with Gasteiger partial charge in [0.1, 0.15) is 12.7 Å². The van der Waals surface area contributed by atoms with Crippen LogP contribution in [0, 0.1) is 0 Å². The van der Waals surface area contributed by atoms with Crippen LogP contribution in [0.2, 0.25) is 0 Å². The van der Waals surface area contributed by atoms with Gasteiger partial charge in [-0.15, -0.1) is 0 Å². The summed E-state index contributed by atoms with van der Waals surface area (Å²) in [5.74, 6) is -0.470. The standard InChI is InChI=1S/C14H17N5O2/c1-2-16-13(20)7-17-14(21)12-5-3-11(4-6-12)8-19-10-15-9-18-19/h3-6,9-10H,2,7-8H2,1H3,(H,16,20)(H,17,21). The van der Waals surface area contributed by atoms with Gasteiger partial charge in [0.25, 0.3) is 5.91 Å². The number of carbonyl (C=O) groups is 2. The summed E-state index contributed by atoms with van der Waals surface area (Å²) >= 11 is 0. The number of aromatic nitrogens is 3. The lowest BCUT2D eigenvalue weighted by molar-refractivity contribution is -0.120. The van der Waals surface area contributed by atoms with Crippen LogP contribution in [-0.4, -0.2) is 39.7 Å². The topological polar surface area (TPSA) is 88.9 Å². The number of carbonyl (C=O) groups excluding carboxylic acids is 2. The number of rotatable bonds is 6. The Kier molecular flexibility index (Phi) is 5.03. The molecule has 0 saturated carbocycles. The number of benzene rings is 1. The summed E-state index contributed by atoms with van der Waals surface area (Å²) in [6.07, 6.45) is 3.11. The summed E-state index contributed by atoms with van der Waals surface area (Å²) in [5, 5.41) is 9.20. The highest BCUT2D eigenvalue weighted by molar-refractivity contribution is 5.96. The smallest absolute Gasteiger partial charge is 0.251 e. The quantitative estimate of drug-likeness (QED) is 0.794. The number of likely N-dealkylation sites (N-methyl/N-ethyl adjacent to an activating group) is 1. The first kappa shape index (κ1) is 14.7. The Morgan fingerprint density at radius 1 is 1.19 bits per heavy atom. The first-order valence-electron chi connectivity index (χ1n) is 6.65. The molecule has 1 heterocycles. The maximum absolute atomic E-state index is 11.9. The Labute approximate surface area is 122 Å². The molecule has 110 valence electrons. The number of amides is 2. The van der Waals surface area contributed by atoms with E-state index in [4.69, 9.17) is 0 Å². The van der Waals surface area contributed by atoms with Gasteiger partial charge in [-0.1, -0.05) is 12.1 Å². The van der Waals surface area contributed by atoms with E-state index in [1.807, 2.05) is 19.1 Å². The summed E-state index contributed by atoms with van der Waals surface area (Å²) in [6, 6.07) is 7.14. The van der Waals surface area contributed by atoms with Crippen molar-refractivity contribution in [1.29, 1.82) is 0 Å². The molecule has 0 aliphatic carbocycles.